The molecule has 3 aliphatic rings. The molecule has 142 valence electrons. The number of ether oxygens (including phenoxy) is 1. The van der Waals surface area contributed by atoms with Crippen LogP contribution in [0.4, 0.5) is 0 Å². The van der Waals surface area contributed by atoms with Crippen LogP contribution in [-0.4, -0.2) is 30.3 Å². The molecule has 0 aromatic heterocycles. The highest BCUT2D eigenvalue weighted by molar-refractivity contribution is 5.72. The van der Waals surface area contributed by atoms with E-state index in [2.05, 4.69) is 30.4 Å². The average molecular weight is 357 g/mol. The van der Waals surface area contributed by atoms with Gasteiger partial charge in [-0.1, -0.05) is 32.0 Å². The van der Waals surface area contributed by atoms with Gasteiger partial charge in [0.2, 0.25) is 0 Å². The number of aliphatic carboxylic acids is 1. The van der Waals surface area contributed by atoms with E-state index < -0.39 is 5.97 Å². The summed E-state index contributed by atoms with van der Waals surface area (Å²) in [5.41, 5.74) is 3.59. The van der Waals surface area contributed by atoms with Crippen molar-refractivity contribution in [2.45, 2.75) is 64.1 Å². The van der Waals surface area contributed by atoms with Gasteiger partial charge in [0.25, 0.3) is 0 Å². The molecule has 1 aromatic carbocycles. The summed E-state index contributed by atoms with van der Waals surface area (Å²) in [6.07, 6.45) is 5.95. The molecule has 4 nitrogen and oxygen atoms in total. The number of piperidine rings is 1. The lowest BCUT2D eigenvalue weighted by atomic mass is 9.68. The van der Waals surface area contributed by atoms with Crippen molar-refractivity contribution in [3.63, 3.8) is 0 Å². The van der Waals surface area contributed by atoms with E-state index in [4.69, 9.17) is 4.74 Å². The van der Waals surface area contributed by atoms with Gasteiger partial charge in [0.1, 0.15) is 0 Å². The topological polar surface area (TPSA) is 58.6 Å². The quantitative estimate of drug-likeness (QED) is 0.847. The highest BCUT2D eigenvalue weighted by Gasteiger charge is 2.49. The van der Waals surface area contributed by atoms with Gasteiger partial charge in [0, 0.05) is 5.41 Å². The summed E-state index contributed by atoms with van der Waals surface area (Å²) in [6, 6.07) is 6.65. The second kappa shape index (κ2) is 6.97. The minimum absolute atomic E-state index is 0.274. The van der Waals surface area contributed by atoms with E-state index in [9.17, 15) is 9.90 Å². The summed E-state index contributed by atoms with van der Waals surface area (Å²) in [5, 5.41) is 13.1. The summed E-state index contributed by atoms with van der Waals surface area (Å²) in [4.78, 5) is 11.8. The van der Waals surface area contributed by atoms with Crippen LogP contribution in [0.1, 0.15) is 56.2 Å². The van der Waals surface area contributed by atoms with Gasteiger partial charge in [0.05, 0.1) is 18.6 Å². The fourth-order valence-corrected chi connectivity index (χ4v) is 5.06. The SMILES string of the molecule is C[C@@H](C(=O)O)[C@](C)(c1ccc2c(c1)CC(C1CCNCC1)OC2)C1CC1. The second-order valence-corrected chi connectivity index (χ2v) is 8.74. The lowest BCUT2D eigenvalue weighted by Crippen LogP contribution is -2.39. The van der Waals surface area contributed by atoms with Crippen LogP contribution in [0.15, 0.2) is 18.2 Å². The summed E-state index contributed by atoms with van der Waals surface area (Å²) in [5.74, 6) is 0.0775. The van der Waals surface area contributed by atoms with Gasteiger partial charge in [-0.2, -0.15) is 0 Å². The molecule has 4 rings (SSSR count). The van der Waals surface area contributed by atoms with E-state index in [0.717, 1.165) is 32.4 Å². The third kappa shape index (κ3) is 3.18. The van der Waals surface area contributed by atoms with Crippen molar-refractivity contribution in [1.29, 1.82) is 0 Å². The first kappa shape index (κ1) is 18.0. The van der Waals surface area contributed by atoms with Gasteiger partial charge in [-0.15, -0.1) is 0 Å². The molecule has 26 heavy (non-hydrogen) atoms. The first-order valence-electron chi connectivity index (χ1n) is 10.2. The van der Waals surface area contributed by atoms with E-state index >= 15 is 0 Å². The van der Waals surface area contributed by atoms with Gasteiger partial charge in [-0.3, -0.25) is 4.79 Å². The van der Waals surface area contributed by atoms with E-state index in [0.29, 0.717) is 24.5 Å². The second-order valence-electron chi connectivity index (χ2n) is 8.74. The maximum absolute atomic E-state index is 11.8. The van der Waals surface area contributed by atoms with Crippen LogP contribution in [0.3, 0.4) is 0 Å². The maximum atomic E-state index is 11.8. The van der Waals surface area contributed by atoms with E-state index in [1.165, 1.54) is 29.5 Å². The van der Waals surface area contributed by atoms with Crippen molar-refractivity contribution < 1.29 is 14.6 Å². The number of fused-ring (bicyclic) bond motifs is 1. The smallest absolute Gasteiger partial charge is 0.307 e. The summed E-state index contributed by atoms with van der Waals surface area (Å²) in [6.45, 7) is 6.91. The van der Waals surface area contributed by atoms with Crippen LogP contribution >= 0.6 is 0 Å². The molecule has 1 saturated carbocycles. The molecule has 0 spiro atoms. The molecule has 1 saturated heterocycles. The fourth-order valence-electron chi connectivity index (χ4n) is 5.06. The molecular weight excluding hydrogens is 326 g/mol. The van der Waals surface area contributed by atoms with Crippen LogP contribution in [0.5, 0.6) is 0 Å². The molecule has 2 N–H and O–H groups in total. The molecule has 0 radical (unpaired) electrons. The van der Waals surface area contributed by atoms with Crippen LogP contribution in [0.2, 0.25) is 0 Å². The highest BCUT2D eigenvalue weighted by Crippen LogP contribution is 2.52. The number of hydrogen-bond donors (Lipinski definition) is 2. The number of carbonyl (C=O) groups is 1. The minimum Gasteiger partial charge on any atom is -0.481 e. The van der Waals surface area contributed by atoms with E-state index in [-0.39, 0.29) is 11.3 Å². The summed E-state index contributed by atoms with van der Waals surface area (Å²) in [7, 11) is 0. The van der Waals surface area contributed by atoms with Crippen molar-refractivity contribution in [3.8, 4) is 0 Å². The summed E-state index contributed by atoms with van der Waals surface area (Å²) >= 11 is 0. The predicted molar refractivity (Wildman–Crippen MR) is 101 cm³/mol. The lowest BCUT2D eigenvalue weighted by Gasteiger charge is -2.37. The number of hydrogen-bond acceptors (Lipinski definition) is 3. The van der Waals surface area contributed by atoms with E-state index in [1.807, 2.05) is 6.92 Å². The summed E-state index contributed by atoms with van der Waals surface area (Å²) < 4.78 is 6.19. The van der Waals surface area contributed by atoms with Gasteiger partial charge < -0.3 is 15.2 Å². The molecule has 2 heterocycles. The molecule has 0 amide bonds. The largest absolute Gasteiger partial charge is 0.481 e. The zero-order valence-corrected chi connectivity index (χ0v) is 16.0. The Kier molecular flexibility index (Phi) is 4.83. The number of benzene rings is 1. The van der Waals surface area contributed by atoms with Gasteiger partial charge in [-0.05, 0) is 73.7 Å². The first-order chi connectivity index (χ1) is 12.5. The van der Waals surface area contributed by atoms with Gasteiger partial charge >= 0.3 is 5.97 Å². The maximum Gasteiger partial charge on any atom is 0.307 e. The number of nitrogens with one attached hydrogen (secondary N) is 1. The zero-order chi connectivity index (χ0) is 18.3. The van der Waals surface area contributed by atoms with Crippen LogP contribution in [-0.2, 0) is 28.0 Å². The molecule has 1 aromatic rings. The Morgan fingerprint density at radius 3 is 2.62 bits per heavy atom. The molecule has 4 heteroatoms. The molecule has 1 aliphatic carbocycles. The fraction of sp³-hybridized carbons (Fsp3) is 0.682. The van der Waals surface area contributed by atoms with Gasteiger partial charge in [-0.25, -0.2) is 0 Å². The number of carboxylic acids is 1. The third-order valence-electron chi connectivity index (χ3n) is 7.31. The Balaban J connectivity index is 1.61. The van der Waals surface area contributed by atoms with Crippen molar-refractivity contribution in [3.05, 3.63) is 34.9 Å². The standard InChI is InChI=1S/C22H31NO3/c1-14(21(24)25)22(2,18-5-6-18)19-4-3-16-13-26-20(12-17(16)11-19)15-7-9-23-10-8-15/h3-4,11,14-15,18,20,23H,5-10,12-13H2,1-2H3,(H,24,25)/t14-,20?,22-/m0/s1. The minimum atomic E-state index is -0.687. The Labute approximate surface area is 156 Å². The molecular formula is C22H31NO3. The number of rotatable bonds is 5. The Bertz CT molecular complexity index is 678. The van der Waals surface area contributed by atoms with Crippen molar-refractivity contribution in [1.82, 2.24) is 5.32 Å². The monoisotopic (exact) mass is 357 g/mol. The predicted octanol–water partition coefficient (Wildman–Crippen LogP) is 3.52. The first-order valence-corrected chi connectivity index (χ1v) is 10.2. The van der Waals surface area contributed by atoms with Crippen LogP contribution in [0.25, 0.3) is 0 Å². The Morgan fingerprint density at radius 2 is 1.96 bits per heavy atom. The molecule has 2 aliphatic heterocycles. The van der Waals surface area contributed by atoms with Crippen molar-refractivity contribution >= 4 is 5.97 Å². The molecule has 2 fully saturated rings. The van der Waals surface area contributed by atoms with E-state index in [1.54, 1.807) is 0 Å². The van der Waals surface area contributed by atoms with Crippen LogP contribution in [0, 0.1) is 17.8 Å². The molecule has 3 atom stereocenters. The Morgan fingerprint density at radius 1 is 1.23 bits per heavy atom. The third-order valence-corrected chi connectivity index (χ3v) is 7.31. The number of carboxylic acid groups (broad SMARTS) is 1. The molecule has 1 unspecified atom stereocenters. The van der Waals surface area contributed by atoms with Gasteiger partial charge in [0.15, 0.2) is 0 Å². The van der Waals surface area contributed by atoms with Crippen LogP contribution < -0.4 is 5.32 Å². The lowest BCUT2D eigenvalue weighted by molar-refractivity contribution is -0.143. The highest BCUT2D eigenvalue weighted by atomic mass is 16.5. The molecule has 0 bridgehead atoms. The normalized spacial score (nSPS) is 27.4. The average Bonchev–Trinajstić information content (AvgIpc) is 3.52. The van der Waals surface area contributed by atoms with Crippen molar-refractivity contribution in [2.24, 2.45) is 17.8 Å². The zero-order valence-electron chi connectivity index (χ0n) is 16.0. The Hall–Kier alpha value is -1.39. The van der Waals surface area contributed by atoms with Crippen molar-refractivity contribution in [2.75, 3.05) is 13.1 Å².